The molecular weight excluding hydrogens is 747 g/mol. The van der Waals surface area contributed by atoms with E-state index in [4.69, 9.17) is 10.5 Å². The summed E-state index contributed by atoms with van der Waals surface area (Å²) in [5.74, 6) is -1.08. The highest BCUT2D eigenvalue weighted by atomic mass is 16.5. The molecule has 2 aliphatic heterocycles. The van der Waals surface area contributed by atoms with Gasteiger partial charge in [0.1, 0.15) is 24.2 Å². The Kier molecular flexibility index (Phi) is 13.7. The molecule has 0 bridgehead atoms. The number of carbonyl (C=O) groups is 5. The Morgan fingerprint density at radius 2 is 1.15 bits per heavy atom. The molecule has 0 spiro atoms. The van der Waals surface area contributed by atoms with Crippen LogP contribution >= 0.6 is 0 Å². The number of rotatable bonds is 13. The summed E-state index contributed by atoms with van der Waals surface area (Å²) < 4.78 is 4.76. The first-order valence-corrected chi connectivity index (χ1v) is 20.2. The number of hydrogen-bond donors (Lipinski definition) is 4. The van der Waals surface area contributed by atoms with E-state index in [0.29, 0.717) is 56.8 Å². The zero-order valence-electron chi connectivity index (χ0n) is 34.2. The molecule has 4 aromatic rings. The summed E-state index contributed by atoms with van der Waals surface area (Å²) in [5.41, 5.74) is 10.8. The van der Waals surface area contributed by atoms with Crippen LogP contribution in [0.3, 0.4) is 0 Å². The van der Waals surface area contributed by atoms with Gasteiger partial charge in [-0.1, -0.05) is 93.6 Å². The number of methoxy groups -OCH3 is 1. The third-order valence-electron chi connectivity index (χ3n) is 11.0. The lowest BCUT2D eigenvalue weighted by Gasteiger charge is -2.35. The zero-order valence-corrected chi connectivity index (χ0v) is 34.2. The van der Waals surface area contributed by atoms with Gasteiger partial charge in [0.2, 0.25) is 23.6 Å². The van der Waals surface area contributed by atoms with Crippen molar-refractivity contribution in [3.05, 3.63) is 126 Å². The summed E-state index contributed by atoms with van der Waals surface area (Å²) in [5, 5.41) is 8.65. The van der Waals surface area contributed by atoms with Gasteiger partial charge in [0.25, 0.3) is 0 Å². The van der Waals surface area contributed by atoms with E-state index in [9.17, 15) is 24.0 Å². The molecule has 0 aromatic heterocycles. The third-order valence-corrected chi connectivity index (χ3v) is 11.0. The van der Waals surface area contributed by atoms with Crippen LogP contribution < -0.4 is 26.6 Å². The third kappa shape index (κ3) is 10.7. The van der Waals surface area contributed by atoms with Crippen molar-refractivity contribution < 1.29 is 28.7 Å². The Labute approximate surface area is 346 Å². The van der Waals surface area contributed by atoms with Gasteiger partial charge in [0.15, 0.2) is 0 Å². The summed E-state index contributed by atoms with van der Waals surface area (Å²) in [4.78, 5) is 71.3. The minimum atomic E-state index is -0.856. The summed E-state index contributed by atoms with van der Waals surface area (Å²) in [6.07, 6.45) is 1.81. The minimum Gasteiger partial charge on any atom is -0.453 e. The standard InChI is InChI=1S/C46H55N7O6/c1-46(2,3)40(50-45(58)59-4)44(57)53-28-12-18-38(53)42(55)49-35-25-21-32(22-26-35)30-51(36-15-9-6-10-16-36)29-31-19-23-34(24-20-31)48-41(54)37-17-11-27-52(37)43(56)39(47)33-13-7-5-8-14-33/h5-10,13-16,19-26,37-40H,11-12,17-18,27-30,47H2,1-4H3,(H,48,54)(H,49,55)(H,50,58)/t37-,38?,39+,40+/m0/s1. The van der Waals surface area contributed by atoms with Crippen molar-refractivity contribution in [3.63, 3.8) is 0 Å². The number of benzene rings is 4. The van der Waals surface area contributed by atoms with Crippen LogP contribution in [0.2, 0.25) is 0 Å². The molecule has 1 unspecified atom stereocenters. The lowest BCUT2D eigenvalue weighted by molar-refractivity contribution is -0.140. The van der Waals surface area contributed by atoms with Gasteiger partial charge in [-0.2, -0.15) is 0 Å². The highest BCUT2D eigenvalue weighted by Crippen LogP contribution is 2.28. The number of ether oxygens (including phenoxy) is 1. The number of nitrogens with zero attached hydrogens (tertiary/aromatic N) is 3. The zero-order chi connectivity index (χ0) is 42.1. The van der Waals surface area contributed by atoms with Crippen molar-refractivity contribution >= 4 is 46.8 Å². The maximum Gasteiger partial charge on any atom is 0.407 e. The number of nitrogens with two attached hydrogens (primary N) is 1. The van der Waals surface area contributed by atoms with E-state index in [-0.39, 0.29) is 23.6 Å². The number of nitrogens with one attached hydrogen (secondary N) is 3. The van der Waals surface area contributed by atoms with E-state index in [1.54, 1.807) is 9.80 Å². The second-order valence-corrected chi connectivity index (χ2v) is 16.3. The van der Waals surface area contributed by atoms with Gasteiger partial charge in [-0.05, 0) is 84.2 Å². The van der Waals surface area contributed by atoms with Crippen LogP contribution in [0.1, 0.15) is 69.2 Å². The van der Waals surface area contributed by atoms with Gasteiger partial charge >= 0.3 is 6.09 Å². The van der Waals surface area contributed by atoms with Crippen molar-refractivity contribution in [1.82, 2.24) is 15.1 Å². The Balaban J connectivity index is 1.07. The number of hydrogen-bond acceptors (Lipinski definition) is 8. The molecule has 2 heterocycles. The molecule has 4 atom stereocenters. The van der Waals surface area contributed by atoms with Crippen molar-refractivity contribution in [3.8, 4) is 0 Å². The first-order chi connectivity index (χ1) is 28.3. The molecule has 4 aromatic carbocycles. The predicted octanol–water partition coefficient (Wildman–Crippen LogP) is 6.22. The molecule has 6 rings (SSSR count). The van der Waals surface area contributed by atoms with Crippen molar-refractivity contribution in [2.45, 2.75) is 83.7 Å². The molecular formula is C46H55N7O6. The fraction of sp³-hybridized carbons (Fsp3) is 0.370. The lowest BCUT2D eigenvalue weighted by atomic mass is 9.85. The molecule has 0 aliphatic carbocycles. The van der Waals surface area contributed by atoms with Crippen LogP contribution in [0.4, 0.5) is 21.9 Å². The first-order valence-electron chi connectivity index (χ1n) is 20.2. The van der Waals surface area contributed by atoms with Crippen LogP contribution in [0.15, 0.2) is 109 Å². The van der Waals surface area contributed by atoms with Gasteiger partial charge in [-0.15, -0.1) is 0 Å². The highest BCUT2D eigenvalue weighted by Gasteiger charge is 2.42. The second kappa shape index (κ2) is 19.0. The molecule has 0 saturated carbocycles. The van der Waals surface area contributed by atoms with Gasteiger partial charge in [0.05, 0.1) is 7.11 Å². The van der Waals surface area contributed by atoms with Crippen molar-refractivity contribution in [1.29, 1.82) is 0 Å². The number of likely N-dealkylation sites (tertiary alicyclic amines) is 2. The van der Waals surface area contributed by atoms with E-state index in [0.717, 1.165) is 28.8 Å². The molecule has 2 aliphatic rings. The molecule has 2 saturated heterocycles. The molecule has 310 valence electrons. The topological polar surface area (TPSA) is 166 Å². The molecule has 5 N–H and O–H groups in total. The largest absolute Gasteiger partial charge is 0.453 e. The Hall–Kier alpha value is -6.21. The predicted molar refractivity (Wildman–Crippen MR) is 228 cm³/mol. The smallest absolute Gasteiger partial charge is 0.407 e. The van der Waals surface area contributed by atoms with Crippen LogP contribution in [0.25, 0.3) is 0 Å². The fourth-order valence-corrected chi connectivity index (χ4v) is 7.74. The highest BCUT2D eigenvalue weighted by molar-refractivity contribution is 5.99. The molecule has 13 heteroatoms. The average molecular weight is 802 g/mol. The monoisotopic (exact) mass is 801 g/mol. The maximum atomic E-state index is 13.6. The Bertz CT molecular complexity index is 2070. The van der Waals surface area contributed by atoms with Crippen molar-refractivity contribution in [2.75, 3.05) is 35.7 Å². The van der Waals surface area contributed by atoms with Gasteiger partial charge in [0, 0.05) is 43.2 Å². The van der Waals surface area contributed by atoms with Crippen LogP contribution in [0.5, 0.6) is 0 Å². The lowest BCUT2D eigenvalue weighted by Crippen LogP contribution is -2.57. The maximum absolute atomic E-state index is 13.6. The summed E-state index contributed by atoms with van der Waals surface area (Å²) in [6, 6.07) is 31.7. The fourth-order valence-electron chi connectivity index (χ4n) is 7.74. The quantitative estimate of drug-likeness (QED) is 0.124. The van der Waals surface area contributed by atoms with Gasteiger partial charge in [-0.3, -0.25) is 19.2 Å². The van der Waals surface area contributed by atoms with Gasteiger partial charge < -0.3 is 41.1 Å². The summed E-state index contributed by atoms with van der Waals surface area (Å²) in [7, 11) is 1.25. The van der Waals surface area contributed by atoms with Gasteiger partial charge in [-0.25, -0.2) is 4.79 Å². The molecule has 5 amide bonds. The van der Waals surface area contributed by atoms with E-state index in [2.05, 4.69) is 33.0 Å². The molecule has 59 heavy (non-hydrogen) atoms. The van der Waals surface area contributed by atoms with E-state index in [1.807, 2.05) is 118 Å². The van der Waals surface area contributed by atoms with E-state index >= 15 is 0 Å². The number of carbonyl (C=O) groups excluding carboxylic acids is 5. The van der Waals surface area contributed by atoms with Crippen LogP contribution in [-0.2, 0) is 37.0 Å². The molecule has 13 nitrogen and oxygen atoms in total. The summed E-state index contributed by atoms with van der Waals surface area (Å²) >= 11 is 0. The van der Waals surface area contributed by atoms with Crippen molar-refractivity contribution in [2.24, 2.45) is 11.1 Å². The van der Waals surface area contributed by atoms with Crippen LogP contribution in [-0.4, -0.2) is 77.8 Å². The number of amides is 5. The Morgan fingerprint density at radius 3 is 1.61 bits per heavy atom. The first kappa shape index (κ1) is 42.4. The SMILES string of the molecule is COC(=O)N[C@H](C(=O)N1CCCC1C(=O)Nc1ccc(CN(Cc2ccc(NC(=O)[C@@H]3CCCN3C(=O)[C@H](N)c3ccccc3)cc2)c2ccccc2)cc1)C(C)(C)C. The van der Waals surface area contributed by atoms with E-state index in [1.165, 1.54) is 7.11 Å². The minimum absolute atomic E-state index is 0.231. The number of alkyl carbamates (subject to hydrolysis) is 1. The average Bonchev–Trinajstić information content (AvgIpc) is 3.95. The molecule has 0 radical (unpaired) electrons. The second-order valence-electron chi connectivity index (χ2n) is 16.3. The number of anilines is 3. The number of para-hydroxylation sites is 1. The molecule has 2 fully saturated rings. The normalized spacial score (nSPS) is 17.4. The Morgan fingerprint density at radius 1 is 0.695 bits per heavy atom. The van der Waals surface area contributed by atoms with E-state index < -0.39 is 35.7 Å². The summed E-state index contributed by atoms with van der Waals surface area (Å²) in [6.45, 7) is 7.65. The van der Waals surface area contributed by atoms with Crippen LogP contribution in [0, 0.1) is 5.41 Å².